The highest BCUT2D eigenvalue weighted by Gasteiger charge is 2.14. The van der Waals surface area contributed by atoms with E-state index >= 15 is 0 Å². The lowest BCUT2D eigenvalue weighted by molar-refractivity contribution is -0.119. The predicted octanol–water partition coefficient (Wildman–Crippen LogP) is 3.46. The maximum atomic E-state index is 12.1. The van der Waals surface area contributed by atoms with Gasteiger partial charge >= 0.3 is 5.97 Å². The number of amides is 1. The van der Waals surface area contributed by atoms with Crippen molar-refractivity contribution >= 4 is 29.2 Å². The second kappa shape index (κ2) is 8.39. The molecule has 0 aliphatic carbocycles. The molecule has 132 valence electrons. The topological polar surface area (TPSA) is 73.9 Å². The first kappa shape index (κ1) is 18.6. The number of methoxy groups -OCH3 is 2. The van der Waals surface area contributed by atoms with Crippen molar-refractivity contribution < 1.29 is 23.8 Å². The van der Waals surface area contributed by atoms with Gasteiger partial charge in [-0.15, -0.1) is 0 Å². The Bertz CT molecular complexity index is 769. The maximum absolute atomic E-state index is 12.1. The molecule has 0 saturated carbocycles. The number of carbonyl (C=O) groups excluding carboxylic acids is 2. The van der Waals surface area contributed by atoms with Gasteiger partial charge in [0.05, 0.1) is 19.8 Å². The van der Waals surface area contributed by atoms with Crippen LogP contribution in [-0.2, 0) is 9.53 Å². The Morgan fingerprint density at radius 2 is 1.68 bits per heavy atom. The number of benzene rings is 2. The van der Waals surface area contributed by atoms with Gasteiger partial charge in [-0.2, -0.15) is 0 Å². The van der Waals surface area contributed by atoms with E-state index in [1.165, 1.54) is 26.4 Å². The molecule has 0 aromatic heterocycles. The Kier molecular flexibility index (Phi) is 6.25. The van der Waals surface area contributed by atoms with Gasteiger partial charge in [-0.1, -0.05) is 17.7 Å². The van der Waals surface area contributed by atoms with Crippen molar-refractivity contribution in [1.29, 1.82) is 0 Å². The molecule has 0 bridgehead atoms. The Hall–Kier alpha value is -2.73. The van der Waals surface area contributed by atoms with Crippen LogP contribution in [0, 0.1) is 6.92 Å². The number of esters is 1. The number of nitrogens with one attached hydrogen (secondary N) is 1. The van der Waals surface area contributed by atoms with E-state index in [1.54, 1.807) is 24.3 Å². The van der Waals surface area contributed by atoms with Crippen LogP contribution in [0.2, 0.25) is 5.02 Å². The van der Waals surface area contributed by atoms with E-state index < -0.39 is 18.5 Å². The summed E-state index contributed by atoms with van der Waals surface area (Å²) in [6.45, 7) is 1.41. The molecule has 0 heterocycles. The molecule has 2 aromatic carbocycles. The average molecular weight is 364 g/mol. The summed E-state index contributed by atoms with van der Waals surface area (Å²) in [4.78, 5) is 24.1. The molecule has 0 radical (unpaired) electrons. The van der Waals surface area contributed by atoms with Crippen LogP contribution in [0.3, 0.4) is 0 Å². The molecule has 7 heteroatoms. The van der Waals surface area contributed by atoms with Gasteiger partial charge in [-0.05, 0) is 36.8 Å². The molecule has 1 amide bonds. The van der Waals surface area contributed by atoms with Crippen LogP contribution >= 0.6 is 11.6 Å². The standard InChI is InChI=1S/C18H18ClNO5/c1-11-4-5-13(19)8-16(11)20-17(21)10-25-18(22)12-6-14(23-2)9-15(7-12)24-3/h4-9H,10H2,1-3H3,(H,20,21). The molecular formula is C18H18ClNO5. The molecule has 0 aliphatic heterocycles. The molecule has 0 aliphatic rings. The Morgan fingerprint density at radius 3 is 2.28 bits per heavy atom. The summed E-state index contributed by atoms with van der Waals surface area (Å²) in [6.07, 6.45) is 0. The quantitative estimate of drug-likeness (QED) is 0.795. The van der Waals surface area contributed by atoms with Crippen molar-refractivity contribution in [3.63, 3.8) is 0 Å². The van der Waals surface area contributed by atoms with E-state index in [0.29, 0.717) is 22.2 Å². The van der Waals surface area contributed by atoms with E-state index in [1.807, 2.05) is 6.92 Å². The van der Waals surface area contributed by atoms with Crippen molar-refractivity contribution in [2.24, 2.45) is 0 Å². The van der Waals surface area contributed by atoms with Crippen molar-refractivity contribution in [1.82, 2.24) is 0 Å². The van der Waals surface area contributed by atoms with E-state index in [2.05, 4.69) is 5.32 Å². The highest BCUT2D eigenvalue weighted by molar-refractivity contribution is 6.31. The van der Waals surface area contributed by atoms with Gasteiger partial charge in [0.2, 0.25) is 0 Å². The number of halogens is 1. The minimum atomic E-state index is -0.657. The second-order valence-corrected chi connectivity index (χ2v) is 5.62. The van der Waals surface area contributed by atoms with Gasteiger partial charge in [0, 0.05) is 16.8 Å². The third-order valence-electron chi connectivity index (χ3n) is 3.40. The minimum absolute atomic E-state index is 0.225. The van der Waals surface area contributed by atoms with Crippen LogP contribution in [0.4, 0.5) is 5.69 Å². The lowest BCUT2D eigenvalue weighted by atomic mass is 10.2. The number of carbonyl (C=O) groups is 2. The fraction of sp³-hybridized carbons (Fsp3) is 0.222. The fourth-order valence-electron chi connectivity index (χ4n) is 2.05. The van der Waals surface area contributed by atoms with E-state index in [4.69, 9.17) is 25.8 Å². The van der Waals surface area contributed by atoms with Crippen LogP contribution in [-0.4, -0.2) is 32.7 Å². The third-order valence-corrected chi connectivity index (χ3v) is 3.63. The predicted molar refractivity (Wildman–Crippen MR) is 94.6 cm³/mol. The lowest BCUT2D eigenvalue weighted by Gasteiger charge is -2.10. The lowest BCUT2D eigenvalue weighted by Crippen LogP contribution is -2.21. The monoisotopic (exact) mass is 363 g/mol. The molecule has 0 saturated heterocycles. The van der Waals surface area contributed by atoms with Crippen molar-refractivity contribution in [3.05, 3.63) is 52.5 Å². The van der Waals surface area contributed by atoms with Crippen LogP contribution in [0.15, 0.2) is 36.4 Å². The highest BCUT2D eigenvalue weighted by Crippen LogP contribution is 2.23. The molecule has 2 rings (SSSR count). The second-order valence-electron chi connectivity index (χ2n) is 5.18. The van der Waals surface area contributed by atoms with Gasteiger partial charge in [0.15, 0.2) is 6.61 Å². The van der Waals surface area contributed by atoms with Crippen LogP contribution in [0.5, 0.6) is 11.5 Å². The normalized spacial score (nSPS) is 10.1. The Morgan fingerprint density at radius 1 is 1.04 bits per heavy atom. The largest absolute Gasteiger partial charge is 0.497 e. The summed E-state index contributed by atoms with van der Waals surface area (Å²) in [5.41, 5.74) is 1.64. The summed E-state index contributed by atoms with van der Waals surface area (Å²) in [5, 5.41) is 3.15. The summed E-state index contributed by atoms with van der Waals surface area (Å²) in [6, 6.07) is 9.78. The number of rotatable bonds is 6. The SMILES string of the molecule is COc1cc(OC)cc(C(=O)OCC(=O)Nc2cc(Cl)ccc2C)c1. The van der Waals surface area contributed by atoms with E-state index in [-0.39, 0.29) is 5.56 Å². The number of aryl methyl sites for hydroxylation is 1. The zero-order chi connectivity index (χ0) is 18.4. The number of hydrogen-bond donors (Lipinski definition) is 1. The molecule has 0 atom stereocenters. The summed E-state index contributed by atoms with van der Waals surface area (Å²) in [7, 11) is 2.95. The summed E-state index contributed by atoms with van der Waals surface area (Å²) >= 11 is 5.90. The molecule has 6 nitrogen and oxygen atoms in total. The van der Waals surface area contributed by atoms with Gasteiger partial charge < -0.3 is 19.5 Å². The Labute approximate surface area is 150 Å². The molecule has 0 fully saturated rings. The molecule has 0 spiro atoms. The molecule has 25 heavy (non-hydrogen) atoms. The summed E-state index contributed by atoms with van der Waals surface area (Å²) in [5.74, 6) is -0.223. The van der Waals surface area contributed by atoms with E-state index in [0.717, 1.165) is 5.56 Å². The first-order valence-corrected chi connectivity index (χ1v) is 7.77. The summed E-state index contributed by atoms with van der Waals surface area (Å²) < 4.78 is 15.2. The first-order chi connectivity index (χ1) is 11.9. The van der Waals surface area contributed by atoms with Gasteiger partial charge in [0.1, 0.15) is 11.5 Å². The number of ether oxygens (including phenoxy) is 3. The van der Waals surface area contributed by atoms with Crippen molar-refractivity contribution in [2.45, 2.75) is 6.92 Å². The average Bonchev–Trinajstić information content (AvgIpc) is 2.62. The molecular weight excluding hydrogens is 346 g/mol. The molecule has 0 unspecified atom stereocenters. The maximum Gasteiger partial charge on any atom is 0.338 e. The first-order valence-electron chi connectivity index (χ1n) is 7.39. The van der Waals surface area contributed by atoms with Crippen molar-refractivity contribution in [2.75, 3.05) is 26.1 Å². The third kappa shape index (κ3) is 5.12. The van der Waals surface area contributed by atoms with Crippen LogP contribution < -0.4 is 14.8 Å². The van der Waals surface area contributed by atoms with Crippen LogP contribution in [0.1, 0.15) is 15.9 Å². The molecule has 1 N–H and O–H groups in total. The highest BCUT2D eigenvalue weighted by atomic mass is 35.5. The van der Waals surface area contributed by atoms with Crippen molar-refractivity contribution in [3.8, 4) is 11.5 Å². The van der Waals surface area contributed by atoms with Gasteiger partial charge in [-0.25, -0.2) is 4.79 Å². The number of anilines is 1. The minimum Gasteiger partial charge on any atom is -0.497 e. The van der Waals surface area contributed by atoms with E-state index in [9.17, 15) is 9.59 Å². The zero-order valence-electron chi connectivity index (χ0n) is 14.1. The number of hydrogen-bond acceptors (Lipinski definition) is 5. The fourth-order valence-corrected chi connectivity index (χ4v) is 2.23. The van der Waals surface area contributed by atoms with Gasteiger partial charge in [-0.3, -0.25) is 4.79 Å². The smallest absolute Gasteiger partial charge is 0.338 e. The van der Waals surface area contributed by atoms with Crippen LogP contribution in [0.25, 0.3) is 0 Å². The Balaban J connectivity index is 1.99. The van der Waals surface area contributed by atoms with Gasteiger partial charge in [0.25, 0.3) is 5.91 Å². The zero-order valence-corrected chi connectivity index (χ0v) is 14.8. The molecule has 2 aromatic rings.